The average Bonchev–Trinajstić information content (AvgIpc) is 2.87. The number of hydrogen-bond acceptors (Lipinski definition) is 2. The molecule has 2 aliphatic carbocycles. The number of hydrogen-bond donors (Lipinski definition) is 1. The summed E-state index contributed by atoms with van der Waals surface area (Å²) in [6.07, 6.45) is 10.5. The first-order chi connectivity index (χ1) is 12.7. The van der Waals surface area contributed by atoms with E-state index in [1.807, 2.05) is 13.8 Å². The first-order valence-corrected chi connectivity index (χ1v) is 16.1. The highest BCUT2D eigenvalue weighted by atomic mass is 127. The van der Waals surface area contributed by atoms with Crippen molar-refractivity contribution < 1.29 is 9.53 Å². The normalized spacial score (nSPS) is 33.0. The highest BCUT2D eigenvalue weighted by molar-refractivity contribution is 14.1. The van der Waals surface area contributed by atoms with E-state index in [0.29, 0.717) is 23.4 Å². The molecule has 0 aromatic heterocycles. The van der Waals surface area contributed by atoms with Crippen molar-refractivity contribution in [2.45, 2.75) is 123 Å². The van der Waals surface area contributed by atoms with Gasteiger partial charge in [0.05, 0.1) is 5.60 Å². The quantitative estimate of drug-likeness (QED) is 0.202. The second-order valence-corrected chi connectivity index (χ2v) is 18.0. The lowest BCUT2D eigenvalue weighted by Crippen LogP contribution is -2.50. The molecule has 2 nitrogen and oxygen atoms in total. The fourth-order valence-electron chi connectivity index (χ4n) is 6.06. The van der Waals surface area contributed by atoms with Crippen molar-refractivity contribution in [3.63, 3.8) is 0 Å². The third-order valence-electron chi connectivity index (χ3n) is 8.43. The molecule has 0 aliphatic heterocycles. The van der Waals surface area contributed by atoms with Gasteiger partial charge in [-0.2, -0.15) is 0 Å². The molecule has 0 bridgehead atoms. The molecule has 0 radical (unpaired) electrons. The van der Waals surface area contributed by atoms with Crippen molar-refractivity contribution in [2.24, 2.45) is 23.2 Å². The highest BCUT2D eigenvalue weighted by Gasteiger charge is 2.55. The zero-order chi connectivity index (χ0) is 21.4. The molecule has 0 heterocycles. The van der Waals surface area contributed by atoms with Crippen LogP contribution in [0.25, 0.3) is 0 Å². The summed E-state index contributed by atoms with van der Waals surface area (Å²) in [4.78, 5) is 0. The van der Waals surface area contributed by atoms with E-state index in [1.54, 1.807) is 0 Å². The van der Waals surface area contributed by atoms with Gasteiger partial charge in [-0.3, -0.25) is 0 Å². The lowest BCUT2D eigenvalue weighted by molar-refractivity contribution is -0.0369. The van der Waals surface area contributed by atoms with Gasteiger partial charge in [-0.05, 0) is 105 Å². The topological polar surface area (TPSA) is 29.5 Å². The molecule has 1 N–H and O–H groups in total. The highest BCUT2D eigenvalue weighted by Crippen LogP contribution is 2.60. The smallest absolute Gasteiger partial charge is 0.192 e. The van der Waals surface area contributed by atoms with E-state index in [1.165, 1.54) is 49.4 Å². The Kier molecular flexibility index (Phi) is 8.22. The zero-order valence-corrected chi connectivity index (χ0v) is 23.1. The van der Waals surface area contributed by atoms with Crippen LogP contribution >= 0.6 is 22.6 Å². The summed E-state index contributed by atoms with van der Waals surface area (Å²) in [6.45, 7) is 18.5. The molecule has 0 spiro atoms. The van der Waals surface area contributed by atoms with Crippen molar-refractivity contribution in [1.82, 2.24) is 0 Å². The van der Waals surface area contributed by atoms with Gasteiger partial charge in [-0.25, -0.2) is 0 Å². The number of fused-ring (bicyclic) bond motifs is 1. The number of alkyl halides is 1. The zero-order valence-electron chi connectivity index (χ0n) is 19.9. The Morgan fingerprint density at radius 3 is 2.32 bits per heavy atom. The first kappa shape index (κ1) is 25.1. The summed E-state index contributed by atoms with van der Waals surface area (Å²) in [5.74, 6) is 2.11. The molecular weight excluding hydrogens is 475 g/mol. The molecule has 2 fully saturated rings. The molecule has 5 atom stereocenters. The third-order valence-corrected chi connectivity index (χ3v) is 13.7. The number of halogens is 1. The van der Waals surface area contributed by atoms with Crippen LogP contribution < -0.4 is 0 Å². The van der Waals surface area contributed by atoms with Gasteiger partial charge in [0, 0.05) is 6.10 Å². The lowest BCUT2D eigenvalue weighted by atomic mass is 9.60. The van der Waals surface area contributed by atoms with Crippen molar-refractivity contribution in [1.29, 1.82) is 0 Å². The van der Waals surface area contributed by atoms with Crippen LogP contribution in [0.3, 0.4) is 0 Å². The van der Waals surface area contributed by atoms with E-state index < -0.39 is 13.9 Å². The molecule has 2 unspecified atom stereocenters. The van der Waals surface area contributed by atoms with Crippen LogP contribution in [0, 0.1) is 23.2 Å². The number of aliphatic hydroxyl groups is 1. The van der Waals surface area contributed by atoms with Crippen LogP contribution in [-0.4, -0.2) is 29.6 Å². The van der Waals surface area contributed by atoms with E-state index >= 15 is 0 Å². The van der Waals surface area contributed by atoms with E-state index in [0.717, 1.165) is 12.3 Å². The summed E-state index contributed by atoms with van der Waals surface area (Å²) < 4.78 is 8.25. The van der Waals surface area contributed by atoms with Crippen LogP contribution in [0.5, 0.6) is 0 Å². The fraction of sp³-hybridized carbons (Fsp3) is 1.00. The van der Waals surface area contributed by atoms with E-state index in [9.17, 15) is 5.11 Å². The van der Waals surface area contributed by atoms with Crippen molar-refractivity contribution in [3.8, 4) is 0 Å². The maximum atomic E-state index is 10.6. The lowest BCUT2D eigenvalue weighted by Gasteiger charge is -2.50. The van der Waals surface area contributed by atoms with Gasteiger partial charge >= 0.3 is 0 Å². The van der Waals surface area contributed by atoms with Crippen LogP contribution in [0.15, 0.2) is 0 Å². The maximum absolute atomic E-state index is 10.6. The van der Waals surface area contributed by atoms with Crippen molar-refractivity contribution >= 4 is 30.9 Å². The predicted octanol–water partition coefficient (Wildman–Crippen LogP) is 7.59. The van der Waals surface area contributed by atoms with E-state index in [4.69, 9.17) is 4.43 Å². The van der Waals surface area contributed by atoms with Crippen LogP contribution in [0.2, 0.25) is 18.1 Å². The molecule has 2 saturated carbocycles. The Morgan fingerprint density at radius 1 is 1.14 bits per heavy atom. The maximum Gasteiger partial charge on any atom is 0.192 e. The molecule has 4 heteroatoms. The van der Waals surface area contributed by atoms with Gasteiger partial charge in [-0.1, -0.05) is 56.7 Å². The fourth-order valence-corrected chi connectivity index (χ4v) is 7.89. The first-order valence-electron chi connectivity index (χ1n) is 11.7. The molecule has 28 heavy (non-hydrogen) atoms. The standard InChI is InChI=1S/C24H47IO2Si/c1-22(2,3)28(7,8)27-21-12-9-15-24(6)19(13-14-20(21)24)18(11-10-16-25)17-23(4,5)26/h18-21,26H,9-17H2,1-8H3/t18-,19+,20-,21?,24?/m0/s1. The number of rotatable bonds is 8. The molecule has 0 aromatic carbocycles. The Morgan fingerprint density at radius 2 is 1.79 bits per heavy atom. The summed E-state index contributed by atoms with van der Waals surface area (Å²) in [6, 6.07) is 0. The van der Waals surface area contributed by atoms with E-state index in [-0.39, 0.29) is 5.04 Å². The van der Waals surface area contributed by atoms with Crippen LogP contribution in [0.4, 0.5) is 0 Å². The van der Waals surface area contributed by atoms with E-state index in [2.05, 4.69) is 63.4 Å². The van der Waals surface area contributed by atoms with Gasteiger partial charge in [-0.15, -0.1) is 0 Å². The minimum atomic E-state index is -1.73. The molecule has 0 saturated heterocycles. The Hall–Kier alpha value is 0.867. The molecule has 2 aliphatic rings. The molecule has 166 valence electrons. The van der Waals surface area contributed by atoms with Crippen molar-refractivity contribution in [3.05, 3.63) is 0 Å². The van der Waals surface area contributed by atoms with Gasteiger partial charge in [0.1, 0.15) is 0 Å². The monoisotopic (exact) mass is 522 g/mol. The second kappa shape index (κ2) is 9.16. The van der Waals surface area contributed by atoms with Crippen LogP contribution in [0.1, 0.15) is 92.9 Å². The van der Waals surface area contributed by atoms with Crippen LogP contribution in [-0.2, 0) is 4.43 Å². The van der Waals surface area contributed by atoms with Gasteiger partial charge in [0.25, 0.3) is 0 Å². The third kappa shape index (κ3) is 5.76. The van der Waals surface area contributed by atoms with Gasteiger partial charge in [0.15, 0.2) is 8.32 Å². The predicted molar refractivity (Wildman–Crippen MR) is 133 cm³/mol. The minimum absolute atomic E-state index is 0.280. The summed E-state index contributed by atoms with van der Waals surface area (Å²) in [5.41, 5.74) is -0.164. The Balaban J connectivity index is 2.21. The molecule has 2 rings (SSSR count). The summed E-state index contributed by atoms with van der Waals surface area (Å²) in [7, 11) is -1.73. The average molecular weight is 523 g/mol. The largest absolute Gasteiger partial charge is 0.414 e. The van der Waals surface area contributed by atoms with Gasteiger partial charge in [0.2, 0.25) is 0 Å². The second-order valence-electron chi connectivity index (χ2n) is 12.2. The SMILES string of the molecule is CC(C)(O)C[C@H](CCCI)[C@H]1CC[C@H]2C(O[Si](C)(C)C(C)(C)C)CCCC12C. The minimum Gasteiger partial charge on any atom is -0.414 e. The summed E-state index contributed by atoms with van der Waals surface area (Å²) in [5, 5.41) is 10.9. The molecular formula is C24H47IO2Si. The van der Waals surface area contributed by atoms with Gasteiger partial charge < -0.3 is 9.53 Å². The Bertz CT molecular complexity index is 508. The molecule has 0 amide bonds. The summed E-state index contributed by atoms with van der Waals surface area (Å²) >= 11 is 2.51. The van der Waals surface area contributed by atoms with Crippen molar-refractivity contribution in [2.75, 3.05) is 4.43 Å². The Labute approximate surface area is 190 Å². The molecule has 0 aromatic rings.